The molecule has 0 saturated carbocycles. The number of hydrogen-bond acceptors (Lipinski definition) is 8. The van der Waals surface area contributed by atoms with Crippen molar-refractivity contribution in [3.8, 4) is 0 Å². The number of nitrogens with zero attached hydrogens (tertiary/aromatic N) is 3. The Bertz CT molecular complexity index is 923. The molecule has 1 atom stereocenters. The van der Waals surface area contributed by atoms with E-state index in [-0.39, 0.29) is 29.9 Å². The normalized spacial score (nSPS) is 22.0. The molecule has 4 N–H and O–H groups in total. The lowest BCUT2D eigenvalue weighted by Crippen LogP contribution is -2.48. The molecule has 0 spiro atoms. The van der Waals surface area contributed by atoms with Gasteiger partial charge in [0.2, 0.25) is 17.7 Å². The van der Waals surface area contributed by atoms with E-state index in [9.17, 15) is 19.2 Å². The van der Waals surface area contributed by atoms with Crippen LogP contribution in [0.5, 0.6) is 0 Å². The Hall–Kier alpha value is -3.34. The standard InChI is InChI=1S/C24H34N6O5/c25-24(34)35-19-7-11-30(12-8-19)22(32)9-10-28-13-15-29(16-14-28)18-3-1-17(2-4-18)26-20-5-6-21(31)27-23(20)33/h1-4,19-20,26H,5-16H2,(H2,25,34)(H,27,31,33). The van der Waals surface area contributed by atoms with Crippen LogP contribution in [0.25, 0.3) is 0 Å². The number of amides is 4. The van der Waals surface area contributed by atoms with Gasteiger partial charge in [0.05, 0.1) is 0 Å². The van der Waals surface area contributed by atoms with Crippen LogP contribution in [0.15, 0.2) is 24.3 Å². The fourth-order valence-corrected chi connectivity index (χ4v) is 4.83. The number of piperazine rings is 1. The number of ether oxygens (including phenoxy) is 1. The highest BCUT2D eigenvalue weighted by molar-refractivity contribution is 6.01. The van der Waals surface area contributed by atoms with E-state index in [2.05, 4.69) is 20.4 Å². The lowest BCUT2D eigenvalue weighted by atomic mass is 10.1. The van der Waals surface area contributed by atoms with Gasteiger partial charge < -0.3 is 25.6 Å². The summed E-state index contributed by atoms with van der Waals surface area (Å²) in [6.45, 7) is 5.46. The third kappa shape index (κ3) is 6.84. The number of benzene rings is 1. The van der Waals surface area contributed by atoms with Gasteiger partial charge in [0.1, 0.15) is 12.1 Å². The van der Waals surface area contributed by atoms with Crippen LogP contribution in [0.4, 0.5) is 16.2 Å². The molecule has 1 aromatic rings. The number of nitrogens with two attached hydrogens (primary N) is 1. The van der Waals surface area contributed by atoms with Gasteiger partial charge in [-0.1, -0.05) is 0 Å². The van der Waals surface area contributed by atoms with Crippen molar-refractivity contribution in [1.82, 2.24) is 15.1 Å². The summed E-state index contributed by atoms with van der Waals surface area (Å²) in [6.07, 6.45) is 1.66. The first-order valence-corrected chi connectivity index (χ1v) is 12.3. The molecule has 3 aliphatic heterocycles. The number of rotatable bonds is 7. The zero-order valence-corrected chi connectivity index (χ0v) is 19.9. The molecule has 4 rings (SSSR count). The summed E-state index contributed by atoms with van der Waals surface area (Å²) in [4.78, 5) is 53.2. The maximum atomic E-state index is 12.6. The molecule has 1 aromatic carbocycles. The minimum atomic E-state index is -0.756. The molecule has 0 aliphatic carbocycles. The number of imide groups is 1. The van der Waals surface area contributed by atoms with E-state index in [1.54, 1.807) is 0 Å². The number of carbonyl (C=O) groups excluding carboxylic acids is 4. The van der Waals surface area contributed by atoms with E-state index < -0.39 is 6.09 Å². The average Bonchev–Trinajstić information content (AvgIpc) is 2.85. The average molecular weight is 487 g/mol. The van der Waals surface area contributed by atoms with Crippen molar-refractivity contribution in [2.24, 2.45) is 5.73 Å². The first-order chi connectivity index (χ1) is 16.9. The molecule has 3 aliphatic rings. The van der Waals surface area contributed by atoms with Crippen molar-refractivity contribution in [3.05, 3.63) is 24.3 Å². The zero-order chi connectivity index (χ0) is 24.8. The number of anilines is 2. The first-order valence-electron chi connectivity index (χ1n) is 12.3. The molecule has 0 radical (unpaired) electrons. The fraction of sp³-hybridized carbons (Fsp3) is 0.583. The molecule has 1 unspecified atom stereocenters. The van der Waals surface area contributed by atoms with Crippen LogP contribution in [0.1, 0.15) is 32.1 Å². The van der Waals surface area contributed by atoms with Gasteiger partial charge in [0, 0.05) is 82.9 Å². The summed E-state index contributed by atoms with van der Waals surface area (Å²) in [6, 6.07) is 7.61. The monoisotopic (exact) mass is 486 g/mol. The Kier molecular flexibility index (Phi) is 8.06. The van der Waals surface area contributed by atoms with Crippen molar-refractivity contribution < 1.29 is 23.9 Å². The predicted octanol–water partition coefficient (Wildman–Crippen LogP) is 0.502. The highest BCUT2D eigenvalue weighted by Gasteiger charge is 2.27. The topological polar surface area (TPSA) is 137 Å². The lowest BCUT2D eigenvalue weighted by molar-refractivity contribution is -0.134. The minimum absolute atomic E-state index is 0.143. The number of piperidine rings is 2. The Morgan fingerprint density at radius 3 is 2.31 bits per heavy atom. The van der Waals surface area contributed by atoms with Gasteiger partial charge in [-0.25, -0.2) is 4.79 Å². The molecule has 3 fully saturated rings. The van der Waals surface area contributed by atoms with Gasteiger partial charge in [0.15, 0.2) is 0 Å². The second kappa shape index (κ2) is 11.4. The minimum Gasteiger partial charge on any atom is -0.446 e. The maximum Gasteiger partial charge on any atom is 0.404 e. The number of carbonyl (C=O) groups is 4. The van der Waals surface area contributed by atoms with Crippen LogP contribution >= 0.6 is 0 Å². The summed E-state index contributed by atoms with van der Waals surface area (Å²) >= 11 is 0. The van der Waals surface area contributed by atoms with Crippen LogP contribution in [0.2, 0.25) is 0 Å². The third-order valence-corrected chi connectivity index (χ3v) is 6.90. The molecule has 4 amide bonds. The first kappa shape index (κ1) is 24.8. The Morgan fingerprint density at radius 2 is 1.69 bits per heavy atom. The molecule has 35 heavy (non-hydrogen) atoms. The fourth-order valence-electron chi connectivity index (χ4n) is 4.83. The lowest BCUT2D eigenvalue weighted by Gasteiger charge is -2.37. The second-order valence-corrected chi connectivity index (χ2v) is 9.29. The van der Waals surface area contributed by atoms with E-state index >= 15 is 0 Å². The Labute approximate surface area is 204 Å². The summed E-state index contributed by atoms with van der Waals surface area (Å²) in [7, 11) is 0. The smallest absolute Gasteiger partial charge is 0.404 e. The molecule has 3 heterocycles. The number of primary amides is 1. The summed E-state index contributed by atoms with van der Waals surface area (Å²) in [5.74, 6) is -0.353. The zero-order valence-electron chi connectivity index (χ0n) is 19.9. The maximum absolute atomic E-state index is 12.6. The van der Waals surface area contributed by atoms with Crippen molar-refractivity contribution in [3.63, 3.8) is 0 Å². The van der Waals surface area contributed by atoms with Crippen molar-refractivity contribution in [1.29, 1.82) is 0 Å². The molecule has 190 valence electrons. The summed E-state index contributed by atoms with van der Waals surface area (Å²) in [5, 5.41) is 5.56. The number of nitrogens with one attached hydrogen (secondary N) is 2. The van der Waals surface area contributed by atoms with Gasteiger partial charge in [0.25, 0.3) is 0 Å². The van der Waals surface area contributed by atoms with Gasteiger partial charge in [-0.2, -0.15) is 0 Å². The van der Waals surface area contributed by atoms with Gasteiger partial charge in [-0.15, -0.1) is 0 Å². The highest BCUT2D eigenvalue weighted by atomic mass is 16.6. The van der Waals surface area contributed by atoms with E-state index in [0.29, 0.717) is 45.2 Å². The number of likely N-dealkylation sites (tertiary alicyclic amines) is 1. The second-order valence-electron chi connectivity index (χ2n) is 9.29. The third-order valence-electron chi connectivity index (χ3n) is 6.90. The molecule has 0 bridgehead atoms. The molecular weight excluding hydrogens is 452 g/mol. The molecular formula is C24H34N6O5. The Balaban J connectivity index is 1.16. The van der Waals surface area contributed by atoms with Crippen molar-refractivity contribution in [2.75, 3.05) is 56.0 Å². The van der Waals surface area contributed by atoms with Gasteiger partial charge >= 0.3 is 6.09 Å². The van der Waals surface area contributed by atoms with Crippen LogP contribution in [-0.4, -0.2) is 91.6 Å². The molecule has 3 saturated heterocycles. The summed E-state index contributed by atoms with van der Waals surface area (Å²) < 4.78 is 5.03. The number of hydrogen-bond donors (Lipinski definition) is 3. The van der Waals surface area contributed by atoms with Crippen molar-refractivity contribution >= 4 is 35.2 Å². The molecule has 0 aromatic heterocycles. The Morgan fingerprint density at radius 1 is 1.00 bits per heavy atom. The van der Waals surface area contributed by atoms with Gasteiger partial charge in [-0.3, -0.25) is 24.6 Å². The highest BCUT2D eigenvalue weighted by Crippen LogP contribution is 2.21. The van der Waals surface area contributed by atoms with E-state index in [0.717, 1.165) is 44.1 Å². The largest absolute Gasteiger partial charge is 0.446 e. The van der Waals surface area contributed by atoms with Crippen LogP contribution in [-0.2, 0) is 19.1 Å². The quantitative estimate of drug-likeness (QED) is 0.474. The van der Waals surface area contributed by atoms with Crippen LogP contribution in [0, 0.1) is 0 Å². The van der Waals surface area contributed by atoms with Crippen LogP contribution < -0.4 is 21.3 Å². The molecule has 11 nitrogen and oxygen atoms in total. The van der Waals surface area contributed by atoms with Crippen LogP contribution in [0.3, 0.4) is 0 Å². The molecule has 11 heteroatoms. The van der Waals surface area contributed by atoms with E-state index in [1.165, 1.54) is 0 Å². The SMILES string of the molecule is NC(=O)OC1CCN(C(=O)CCN2CCN(c3ccc(NC4CCC(=O)NC4=O)cc3)CC2)CC1. The van der Waals surface area contributed by atoms with Crippen molar-refractivity contribution in [2.45, 2.75) is 44.2 Å². The van der Waals surface area contributed by atoms with Gasteiger partial charge in [-0.05, 0) is 30.7 Å². The predicted molar refractivity (Wildman–Crippen MR) is 130 cm³/mol. The summed E-state index contributed by atoms with van der Waals surface area (Å²) in [5.41, 5.74) is 7.04. The van der Waals surface area contributed by atoms with E-state index in [4.69, 9.17) is 10.5 Å². The van der Waals surface area contributed by atoms with E-state index in [1.807, 2.05) is 29.2 Å².